The molecule has 0 atom stereocenters. The topological polar surface area (TPSA) is 57.8 Å². The number of aryl methyl sites for hydroxylation is 1. The van der Waals surface area contributed by atoms with Gasteiger partial charge in [-0.1, -0.05) is 18.2 Å². The number of aromatic nitrogens is 1. The summed E-state index contributed by atoms with van der Waals surface area (Å²) in [6.07, 6.45) is 1.73. The Balaban J connectivity index is 2.39. The van der Waals surface area contributed by atoms with Crippen molar-refractivity contribution in [1.82, 2.24) is 4.57 Å². The van der Waals surface area contributed by atoms with Crippen molar-refractivity contribution in [3.05, 3.63) is 30.5 Å². The number of carbonyl (C=O) groups is 1. The van der Waals surface area contributed by atoms with Crippen LogP contribution >= 0.6 is 0 Å². The van der Waals surface area contributed by atoms with Crippen molar-refractivity contribution >= 4 is 22.5 Å². The molecule has 4 nitrogen and oxygen atoms in total. The van der Waals surface area contributed by atoms with Crippen LogP contribution in [0, 0.1) is 11.3 Å². The van der Waals surface area contributed by atoms with E-state index in [1.807, 2.05) is 48.1 Å². The first-order valence-corrected chi connectivity index (χ1v) is 4.93. The number of fused-ring (bicyclic) bond motifs is 1. The van der Waals surface area contributed by atoms with Gasteiger partial charge in [-0.25, -0.2) is 0 Å². The van der Waals surface area contributed by atoms with Gasteiger partial charge in [0.1, 0.15) is 6.42 Å². The minimum atomic E-state index is -0.279. The van der Waals surface area contributed by atoms with Crippen LogP contribution < -0.4 is 5.32 Å². The van der Waals surface area contributed by atoms with Crippen molar-refractivity contribution in [3.8, 4) is 6.07 Å². The lowest BCUT2D eigenvalue weighted by atomic mass is 10.2. The van der Waals surface area contributed by atoms with Crippen LogP contribution in [0.25, 0.3) is 10.9 Å². The molecule has 4 heteroatoms. The molecule has 0 bridgehead atoms. The fraction of sp³-hybridized carbons (Fsp3) is 0.167. The summed E-state index contributed by atoms with van der Waals surface area (Å²) in [7, 11) is 1.92. The number of nitrogens with zero attached hydrogens (tertiary/aromatic N) is 2. The highest BCUT2D eigenvalue weighted by Gasteiger charge is 2.08. The van der Waals surface area contributed by atoms with Crippen molar-refractivity contribution in [2.24, 2.45) is 7.05 Å². The highest BCUT2D eigenvalue weighted by atomic mass is 16.1. The first-order chi connectivity index (χ1) is 7.72. The Morgan fingerprint density at radius 3 is 3.00 bits per heavy atom. The zero-order valence-corrected chi connectivity index (χ0v) is 8.90. The average Bonchev–Trinajstić information content (AvgIpc) is 2.57. The lowest BCUT2D eigenvalue weighted by Gasteiger charge is -1.99. The number of anilines is 1. The van der Waals surface area contributed by atoms with Crippen molar-refractivity contribution < 1.29 is 4.79 Å². The molecule has 2 aromatic rings. The summed E-state index contributed by atoms with van der Waals surface area (Å²) in [6, 6.07) is 9.61. The second kappa shape index (κ2) is 4.07. The Bertz CT molecular complexity index is 577. The highest BCUT2D eigenvalue weighted by molar-refractivity contribution is 6.02. The van der Waals surface area contributed by atoms with Crippen LogP contribution in [0.3, 0.4) is 0 Å². The zero-order chi connectivity index (χ0) is 11.5. The van der Waals surface area contributed by atoms with E-state index in [-0.39, 0.29) is 12.3 Å². The summed E-state index contributed by atoms with van der Waals surface area (Å²) in [4.78, 5) is 11.3. The lowest BCUT2D eigenvalue weighted by molar-refractivity contribution is -0.115. The second-order valence-electron chi connectivity index (χ2n) is 3.55. The quantitative estimate of drug-likeness (QED) is 0.829. The number of carbonyl (C=O) groups excluding carboxylic acids is 1. The first kappa shape index (κ1) is 10.2. The van der Waals surface area contributed by atoms with Gasteiger partial charge in [0, 0.05) is 24.1 Å². The molecule has 0 aliphatic heterocycles. The molecular formula is C12H11N3O. The third kappa shape index (κ3) is 1.75. The molecule has 1 amide bonds. The summed E-state index contributed by atoms with van der Waals surface area (Å²) < 4.78 is 1.94. The molecule has 1 aromatic heterocycles. The smallest absolute Gasteiger partial charge is 0.238 e. The van der Waals surface area contributed by atoms with Gasteiger partial charge in [-0.05, 0) is 6.07 Å². The molecule has 0 spiro atoms. The van der Waals surface area contributed by atoms with E-state index < -0.39 is 0 Å². The number of amides is 1. The van der Waals surface area contributed by atoms with Crippen molar-refractivity contribution in [1.29, 1.82) is 5.26 Å². The van der Waals surface area contributed by atoms with Gasteiger partial charge in [-0.15, -0.1) is 0 Å². The van der Waals surface area contributed by atoms with Gasteiger partial charge in [0.25, 0.3) is 0 Å². The minimum absolute atomic E-state index is 0.122. The molecule has 0 fully saturated rings. The molecule has 0 unspecified atom stereocenters. The normalized spacial score (nSPS) is 10.0. The fourth-order valence-electron chi connectivity index (χ4n) is 1.71. The monoisotopic (exact) mass is 213 g/mol. The van der Waals surface area contributed by atoms with Crippen molar-refractivity contribution in [3.63, 3.8) is 0 Å². The third-order valence-corrected chi connectivity index (χ3v) is 2.41. The summed E-state index contributed by atoms with van der Waals surface area (Å²) in [6.45, 7) is 0. The van der Waals surface area contributed by atoms with E-state index >= 15 is 0 Å². The Morgan fingerprint density at radius 2 is 2.25 bits per heavy atom. The molecule has 16 heavy (non-hydrogen) atoms. The molecule has 1 aromatic carbocycles. The number of para-hydroxylation sites is 1. The summed E-state index contributed by atoms with van der Waals surface area (Å²) in [5.41, 5.74) is 1.80. The average molecular weight is 213 g/mol. The summed E-state index contributed by atoms with van der Waals surface area (Å²) in [5, 5.41) is 12.1. The maximum Gasteiger partial charge on any atom is 0.238 e. The lowest BCUT2D eigenvalue weighted by Crippen LogP contribution is -2.09. The molecule has 0 saturated carbocycles. The standard InChI is InChI=1S/C12H11N3O/c1-15-8-10(14-12(16)6-7-13)9-4-2-3-5-11(9)15/h2-5,8H,6H2,1H3,(H,14,16). The molecule has 80 valence electrons. The van der Waals surface area contributed by atoms with Crippen LogP contribution in [0.5, 0.6) is 0 Å². The largest absolute Gasteiger partial charge is 0.348 e. The molecule has 2 rings (SSSR count). The molecule has 0 radical (unpaired) electrons. The summed E-state index contributed by atoms with van der Waals surface area (Å²) >= 11 is 0. The maximum absolute atomic E-state index is 11.3. The number of rotatable bonds is 2. The molecule has 1 heterocycles. The third-order valence-electron chi connectivity index (χ3n) is 2.41. The van der Waals surface area contributed by atoms with Gasteiger partial charge in [0.2, 0.25) is 5.91 Å². The molecule has 0 aliphatic rings. The molecular weight excluding hydrogens is 202 g/mol. The van der Waals surface area contributed by atoms with Crippen LogP contribution in [0.2, 0.25) is 0 Å². The van der Waals surface area contributed by atoms with E-state index in [1.165, 1.54) is 0 Å². The molecule has 0 aliphatic carbocycles. The van der Waals surface area contributed by atoms with Gasteiger partial charge in [-0.3, -0.25) is 4.79 Å². The number of hydrogen-bond donors (Lipinski definition) is 1. The van der Waals surface area contributed by atoms with E-state index in [9.17, 15) is 4.79 Å². The summed E-state index contributed by atoms with van der Waals surface area (Å²) in [5.74, 6) is -0.279. The van der Waals surface area contributed by atoms with Gasteiger partial charge >= 0.3 is 0 Å². The Morgan fingerprint density at radius 1 is 1.50 bits per heavy atom. The number of hydrogen-bond acceptors (Lipinski definition) is 2. The SMILES string of the molecule is Cn1cc(NC(=O)CC#N)c2ccccc21. The Labute approximate surface area is 93.1 Å². The minimum Gasteiger partial charge on any atom is -0.348 e. The molecule has 1 N–H and O–H groups in total. The Kier molecular flexibility index (Phi) is 2.61. The van der Waals surface area contributed by atoms with Gasteiger partial charge in [-0.2, -0.15) is 5.26 Å². The van der Waals surface area contributed by atoms with Crippen molar-refractivity contribution in [2.45, 2.75) is 6.42 Å². The second-order valence-corrected chi connectivity index (χ2v) is 3.55. The van der Waals surface area contributed by atoms with Crippen molar-refractivity contribution in [2.75, 3.05) is 5.32 Å². The van der Waals surface area contributed by atoms with E-state index in [0.717, 1.165) is 16.6 Å². The maximum atomic E-state index is 11.3. The van der Waals surface area contributed by atoms with Crippen LogP contribution in [-0.2, 0) is 11.8 Å². The number of nitriles is 1. The molecule has 0 saturated heterocycles. The van der Waals surface area contributed by atoms with E-state index in [4.69, 9.17) is 5.26 Å². The van der Waals surface area contributed by atoms with Crippen LogP contribution in [0.4, 0.5) is 5.69 Å². The number of nitrogens with one attached hydrogen (secondary N) is 1. The van der Waals surface area contributed by atoms with Gasteiger partial charge < -0.3 is 9.88 Å². The van der Waals surface area contributed by atoms with E-state index in [1.54, 1.807) is 0 Å². The predicted molar refractivity (Wildman–Crippen MR) is 61.8 cm³/mol. The van der Waals surface area contributed by atoms with Crippen LogP contribution in [0.1, 0.15) is 6.42 Å². The number of benzene rings is 1. The van der Waals surface area contributed by atoms with Crippen LogP contribution in [0.15, 0.2) is 30.5 Å². The highest BCUT2D eigenvalue weighted by Crippen LogP contribution is 2.24. The fourth-order valence-corrected chi connectivity index (χ4v) is 1.71. The van der Waals surface area contributed by atoms with E-state index in [2.05, 4.69) is 5.32 Å². The first-order valence-electron chi connectivity index (χ1n) is 4.93. The van der Waals surface area contributed by atoms with E-state index in [0.29, 0.717) is 0 Å². The Hall–Kier alpha value is -2.28. The van der Waals surface area contributed by atoms with Crippen LogP contribution in [-0.4, -0.2) is 10.5 Å². The predicted octanol–water partition coefficient (Wildman–Crippen LogP) is 2.03. The van der Waals surface area contributed by atoms with Gasteiger partial charge in [0.15, 0.2) is 0 Å². The zero-order valence-electron chi connectivity index (χ0n) is 8.90. The van der Waals surface area contributed by atoms with Gasteiger partial charge in [0.05, 0.1) is 11.8 Å².